The summed E-state index contributed by atoms with van der Waals surface area (Å²) in [6, 6.07) is 11.7. The summed E-state index contributed by atoms with van der Waals surface area (Å²) in [4.78, 5) is 13.4. The van der Waals surface area contributed by atoms with E-state index in [9.17, 15) is 26.6 Å². The van der Waals surface area contributed by atoms with E-state index in [0.29, 0.717) is 43.0 Å². The number of carbonyl (C=O) groups is 1. The van der Waals surface area contributed by atoms with Gasteiger partial charge in [-0.1, -0.05) is 12.1 Å². The molecule has 2 aromatic carbocycles. The molecule has 5 nitrogen and oxygen atoms in total. The van der Waals surface area contributed by atoms with E-state index < -0.39 is 28.7 Å². The molecule has 1 unspecified atom stereocenters. The van der Waals surface area contributed by atoms with Gasteiger partial charge in [-0.15, -0.1) is 0 Å². The third-order valence-electron chi connectivity index (χ3n) is 4.81. The first-order valence-electron chi connectivity index (χ1n) is 9.44. The fourth-order valence-electron chi connectivity index (χ4n) is 3.39. The molecule has 3 rings (SSSR count). The number of halogens is 4. The number of alkyl halides is 4. The quantitative estimate of drug-likeness (QED) is 0.681. The Hall–Kier alpha value is -2.46. The standard InChI is InChI=1S/C20H21F3N2O3S.CH3F/c1-14-13-24(29(28)18-4-2-3-15(11-18)12-19(26)27)9-10-25(14)17-7-5-16(6-8-17)20(21,22)23;1-2/h2-8,11,14H,9-10,12-13H2,1H3,(H,26,27);1H3/t14-,29?;/m1./s1. The van der Waals surface area contributed by atoms with Crippen molar-refractivity contribution in [1.82, 2.24) is 4.31 Å². The Morgan fingerprint density at radius 1 is 1.13 bits per heavy atom. The summed E-state index contributed by atoms with van der Waals surface area (Å²) in [6.07, 6.45) is -4.50. The number of hydrogen-bond acceptors (Lipinski definition) is 3. The van der Waals surface area contributed by atoms with Crippen molar-refractivity contribution in [3.05, 3.63) is 59.7 Å². The Labute approximate surface area is 180 Å². The highest BCUT2D eigenvalue weighted by Gasteiger charge is 2.31. The zero-order chi connectivity index (χ0) is 23.2. The SMILES string of the molecule is CF.C[C@@H]1CN(S(=O)c2cccc(CC(=O)O)c2)CCN1c1ccc(C(F)(F)F)cc1. The van der Waals surface area contributed by atoms with Gasteiger partial charge in [-0.2, -0.15) is 13.2 Å². The van der Waals surface area contributed by atoms with Gasteiger partial charge in [-0.25, -0.2) is 8.51 Å². The monoisotopic (exact) mass is 460 g/mol. The number of hydrogen-bond donors (Lipinski definition) is 1. The molecule has 1 aliphatic heterocycles. The van der Waals surface area contributed by atoms with Crippen LogP contribution in [0.2, 0.25) is 0 Å². The number of piperazine rings is 1. The summed E-state index contributed by atoms with van der Waals surface area (Å²) in [6.45, 7) is 3.40. The minimum atomic E-state index is -4.37. The van der Waals surface area contributed by atoms with Crippen LogP contribution < -0.4 is 4.90 Å². The van der Waals surface area contributed by atoms with Crippen LogP contribution in [0.4, 0.5) is 23.2 Å². The van der Waals surface area contributed by atoms with E-state index in [-0.39, 0.29) is 12.5 Å². The number of rotatable bonds is 5. The van der Waals surface area contributed by atoms with Gasteiger partial charge in [0, 0.05) is 31.4 Å². The fourth-order valence-corrected chi connectivity index (χ4v) is 4.73. The van der Waals surface area contributed by atoms with Crippen LogP contribution in [-0.2, 0) is 28.4 Å². The van der Waals surface area contributed by atoms with Gasteiger partial charge in [-0.3, -0.25) is 9.18 Å². The largest absolute Gasteiger partial charge is 0.481 e. The van der Waals surface area contributed by atoms with Crippen LogP contribution in [0, 0.1) is 0 Å². The summed E-state index contributed by atoms with van der Waals surface area (Å²) in [7, 11) is -0.937. The smallest absolute Gasteiger partial charge is 0.416 e. The van der Waals surface area contributed by atoms with Gasteiger partial charge >= 0.3 is 12.1 Å². The molecule has 2 aromatic rings. The molecule has 0 spiro atoms. The van der Waals surface area contributed by atoms with Gasteiger partial charge in [0.2, 0.25) is 0 Å². The molecule has 1 fully saturated rings. The lowest BCUT2D eigenvalue weighted by molar-refractivity contribution is -0.138. The van der Waals surface area contributed by atoms with Gasteiger partial charge in [0.05, 0.1) is 24.1 Å². The Balaban J connectivity index is 0.00000166. The van der Waals surface area contributed by atoms with Crippen molar-refractivity contribution in [2.75, 3.05) is 31.7 Å². The van der Waals surface area contributed by atoms with Gasteiger partial charge in [-0.05, 0) is 48.9 Å². The van der Waals surface area contributed by atoms with E-state index >= 15 is 0 Å². The normalized spacial score (nSPS) is 18.1. The zero-order valence-corrected chi connectivity index (χ0v) is 17.9. The second-order valence-corrected chi connectivity index (χ2v) is 8.43. The summed E-state index contributed by atoms with van der Waals surface area (Å²) in [5.41, 5.74) is 0.592. The van der Waals surface area contributed by atoms with Crippen LogP contribution in [0.3, 0.4) is 0 Å². The van der Waals surface area contributed by atoms with E-state index in [1.807, 2.05) is 11.8 Å². The fraction of sp³-hybridized carbons (Fsp3) is 0.381. The van der Waals surface area contributed by atoms with E-state index in [2.05, 4.69) is 0 Å². The number of carboxylic acid groups (broad SMARTS) is 1. The summed E-state index contributed by atoms with van der Waals surface area (Å²) in [5, 5.41) is 8.92. The number of nitrogens with zero attached hydrogens (tertiary/aromatic N) is 2. The third-order valence-corrected chi connectivity index (χ3v) is 6.26. The van der Waals surface area contributed by atoms with E-state index in [0.717, 1.165) is 12.1 Å². The highest BCUT2D eigenvalue weighted by atomic mass is 32.2. The van der Waals surface area contributed by atoms with Crippen molar-refractivity contribution in [2.45, 2.75) is 30.5 Å². The third kappa shape index (κ3) is 6.51. The minimum absolute atomic E-state index is 0.0494. The van der Waals surface area contributed by atoms with Crippen molar-refractivity contribution >= 4 is 22.6 Å². The first kappa shape index (κ1) is 24.8. The van der Waals surface area contributed by atoms with E-state index in [4.69, 9.17) is 5.11 Å². The van der Waals surface area contributed by atoms with Crippen LogP contribution in [-0.4, -0.2) is 52.4 Å². The molecular weight excluding hydrogens is 436 g/mol. The van der Waals surface area contributed by atoms with E-state index in [1.165, 1.54) is 12.1 Å². The Bertz CT molecular complexity index is 906. The lowest BCUT2D eigenvalue weighted by Gasteiger charge is -2.40. The maximum Gasteiger partial charge on any atom is 0.416 e. The Kier molecular flexibility index (Phi) is 8.58. The van der Waals surface area contributed by atoms with Crippen molar-refractivity contribution in [3.8, 4) is 0 Å². The van der Waals surface area contributed by atoms with Crippen molar-refractivity contribution < 1.29 is 31.7 Å². The molecule has 1 heterocycles. The number of benzene rings is 2. The first-order chi connectivity index (χ1) is 14.6. The maximum absolute atomic E-state index is 12.9. The van der Waals surface area contributed by atoms with Gasteiger partial charge in [0.1, 0.15) is 11.0 Å². The lowest BCUT2D eigenvalue weighted by atomic mass is 10.1. The van der Waals surface area contributed by atoms with Crippen molar-refractivity contribution in [3.63, 3.8) is 0 Å². The molecule has 170 valence electrons. The molecular formula is C21H24F4N2O3S. The second-order valence-electron chi connectivity index (χ2n) is 6.94. The maximum atomic E-state index is 12.9. The molecule has 2 atom stereocenters. The Morgan fingerprint density at radius 3 is 2.32 bits per heavy atom. The topological polar surface area (TPSA) is 60.9 Å². The second kappa shape index (κ2) is 10.7. The highest BCUT2D eigenvalue weighted by molar-refractivity contribution is 7.82. The summed E-state index contributed by atoms with van der Waals surface area (Å²) < 4.78 is 62.5. The molecule has 31 heavy (non-hydrogen) atoms. The molecule has 0 saturated carbocycles. The average molecular weight is 460 g/mol. The van der Waals surface area contributed by atoms with Gasteiger partial charge < -0.3 is 10.0 Å². The molecule has 0 aliphatic carbocycles. The van der Waals surface area contributed by atoms with Crippen molar-refractivity contribution in [2.24, 2.45) is 0 Å². The van der Waals surface area contributed by atoms with Crippen molar-refractivity contribution in [1.29, 1.82) is 0 Å². The predicted molar refractivity (Wildman–Crippen MR) is 111 cm³/mol. The molecule has 0 aromatic heterocycles. The Morgan fingerprint density at radius 2 is 1.77 bits per heavy atom. The average Bonchev–Trinajstić information content (AvgIpc) is 2.74. The number of anilines is 1. The lowest BCUT2D eigenvalue weighted by Crippen LogP contribution is -2.52. The van der Waals surface area contributed by atoms with Crippen LogP contribution in [0.15, 0.2) is 53.4 Å². The molecule has 0 radical (unpaired) electrons. The molecule has 10 heteroatoms. The van der Waals surface area contributed by atoms with Crippen LogP contribution in [0.25, 0.3) is 0 Å². The molecule has 0 amide bonds. The number of carboxylic acids is 1. The molecule has 1 aliphatic rings. The van der Waals surface area contributed by atoms with Gasteiger partial charge in [0.15, 0.2) is 0 Å². The predicted octanol–water partition coefficient (Wildman–Crippen LogP) is 4.15. The molecule has 1 N–H and O–H groups in total. The van der Waals surface area contributed by atoms with Crippen LogP contribution >= 0.6 is 0 Å². The first-order valence-corrected chi connectivity index (χ1v) is 10.5. The molecule has 0 bridgehead atoms. The zero-order valence-electron chi connectivity index (χ0n) is 17.1. The van der Waals surface area contributed by atoms with E-state index in [1.54, 1.807) is 28.6 Å². The van der Waals surface area contributed by atoms with Crippen LogP contribution in [0.5, 0.6) is 0 Å². The number of aliphatic carboxylic acids is 1. The summed E-state index contributed by atoms with van der Waals surface area (Å²) >= 11 is 0. The summed E-state index contributed by atoms with van der Waals surface area (Å²) in [5.74, 6) is -0.952. The molecule has 1 saturated heterocycles. The highest BCUT2D eigenvalue weighted by Crippen LogP contribution is 2.31. The minimum Gasteiger partial charge on any atom is -0.481 e. The van der Waals surface area contributed by atoms with Crippen LogP contribution in [0.1, 0.15) is 18.1 Å². The van der Waals surface area contributed by atoms with Gasteiger partial charge in [0.25, 0.3) is 0 Å².